The maximum absolute atomic E-state index is 2.30. The van der Waals surface area contributed by atoms with Crippen molar-refractivity contribution in [3.05, 3.63) is 120 Å². The van der Waals surface area contributed by atoms with E-state index in [9.17, 15) is 0 Å². The first-order valence-electron chi connectivity index (χ1n) is 13.7. The van der Waals surface area contributed by atoms with Gasteiger partial charge in [0.15, 0.2) is 0 Å². The van der Waals surface area contributed by atoms with Gasteiger partial charge in [0.25, 0.3) is 0 Å². The lowest BCUT2D eigenvalue weighted by Crippen LogP contribution is -2.14. The zero-order chi connectivity index (χ0) is 26.2. The van der Waals surface area contributed by atoms with Crippen LogP contribution in [0, 0.1) is 0 Å². The molecule has 37 heavy (non-hydrogen) atoms. The highest BCUT2D eigenvalue weighted by Crippen LogP contribution is 2.48. The van der Waals surface area contributed by atoms with Crippen molar-refractivity contribution in [2.24, 2.45) is 0 Å². The Hall–Kier alpha value is -3.64. The van der Waals surface area contributed by atoms with E-state index < -0.39 is 0 Å². The zero-order valence-electron chi connectivity index (χ0n) is 23.1. The van der Waals surface area contributed by atoms with E-state index in [0.29, 0.717) is 5.92 Å². The van der Waals surface area contributed by atoms with Gasteiger partial charge >= 0.3 is 0 Å². The predicted octanol–water partition coefficient (Wildman–Crippen LogP) is 11.1. The number of benzene rings is 6. The van der Waals surface area contributed by atoms with Crippen LogP contribution < -0.4 is 0 Å². The van der Waals surface area contributed by atoms with Crippen LogP contribution in [0.15, 0.2) is 103 Å². The van der Waals surface area contributed by atoms with Gasteiger partial charge in [0.05, 0.1) is 0 Å². The van der Waals surface area contributed by atoms with Crippen LogP contribution in [0.2, 0.25) is 0 Å². The fourth-order valence-electron chi connectivity index (χ4n) is 5.93. The van der Waals surface area contributed by atoms with Crippen LogP contribution in [-0.2, 0) is 5.41 Å². The molecule has 6 aromatic rings. The van der Waals surface area contributed by atoms with Crippen LogP contribution in [0.5, 0.6) is 0 Å². The van der Waals surface area contributed by atoms with Crippen molar-refractivity contribution in [3.8, 4) is 11.1 Å². The van der Waals surface area contributed by atoms with Gasteiger partial charge < -0.3 is 0 Å². The average Bonchev–Trinajstić information content (AvgIpc) is 3.15. The van der Waals surface area contributed by atoms with E-state index >= 15 is 0 Å². The zero-order valence-corrected chi connectivity index (χ0v) is 23.1. The standard InChI is InChI=1S/C19H16.C15H14.C3H8/c1-12(2)16-10-8-15-7-6-13-4-3-5-14-9-11-17(16)19(15)18(13)14;1-15(2)13-9-5-3-7-11(13)12-8-4-6-10-14(12)15;1-3-2/h3-12H,1-2H3;3-10H,1-2H3;3H2,1-2H3. The fourth-order valence-corrected chi connectivity index (χ4v) is 5.93. The highest BCUT2D eigenvalue weighted by Gasteiger charge is 2.34. The molecule has 0 unspecified atom stereocenters. The molecule has 0 heterocycles. The first-order chi connectivity index (χ1) is 17.9. The molecule has 0 N–H and O–H groups in total. The molecule has 1 aliphatic rings. The Bertz CT molecular complexity index is 1600. The van der Waals surface area contributed by atoms with Crippen molar-refractivity contribution in [3.63, 3.8) is 0 Å². The van der Waals surface area contributed by atoms with E-state index in [0.717, 1.165) is 0 Å². The quantitative estimate of drug-likeness (QED) is 0.204. The van der Waals surface area contributed by atoms with Crippen LogP contribution in [0.1, 0.15) is 70.6 Å². The van der Waals surface area contributed by atoms with Crippen molar-refractivity contribution in [2.45, 2.75) is 59.3 Å². The molecular formula is C37H38. The van der Waals surface area contributed by atoms with Gasteiger partial charge in [-0.1, -0.05) is 151 Å². The van der Waals surface area contributed by atoms with Gasteiger partial charge in [-0.3, -0.25) is 0 Å². The molecule has 0 bridgehead atoms. The Morgan fingerprint density at radius 3 is 1.54 bits per heavy atom. The van der Waals surface area contributed by atoms with E-state index in [1.54, 1.807) is 0 Å². The Kier molecular flexibility index (Phi) is 6.78. The summed E-state index contributed by atoms with van der Waals surface area (Å²) >= 11 is 0. The second-order valence-electron chi connectivity index (χ2n) is 11.1. The molecular weight excluding hydrogens is 444 g/mol. The van der Waals surface area contributed by atoms with Crippen LogP contribution in [0.3, 0.4) is 0 Å². The van der Waals surface area contributed by atoms with Gasteiger partial charge in [-0.05, 0) is 66.1 Å². The highest BCUT2D eigenvalue weighted by atomic mass is 14.4. The molecule has 0 nitrogen and oxygen atoms in total. The van der Waals surface area contributed by atoms with Crippen LogP contribution in [-0.4, -0.2) is 0 Å². The third kappa shape index (κ3) is 4.29. The molecule has 0 atom stereocenters. The van der Waals surface area contributed by atoms with E-state index in [4.69, 9.17) is 0 Å². The first kappa shape index (κ1) is 25.0. The Labute approximate surface area is 222 Å². The summed E-state index contributed by atoms with van der Waals surface area (Å²) in [4.78, 5) is 0. The third-order valence-electron chi connectivity index (χ3n) is 7.68. The minimum atomic E-state index is 0.160. The number of fused-ring (bicyclic) bond motifs is 3. The van der Waals surface area contributed by atoms with Crippen LogP contribution in [0.4, 0.5) is 0 Å². The largest absolute Gasteiger partial charge is 0.0656 e. The lowest BCUT2D eigenvalue weighted by Gasteiger charge is -2.20. The molecule has 0 heteroatoms. The minimum absolute atomic E-state index is 0.160. The number of hydrogen-bond acceptors (Lipinski definition) is 0. The van der Waals surface area contributed by atoms with Crippen molar-refractivity contribution in [2.75, 3.05) is 0 Å². The molecule has 6 aromatic carbocycles. The summed E-state index contributed by atoms with van der Waals surface area (Å²) in [6.07, 6.45) is 1.25. The number of hydrogen-bond donors (Lipinski definition) is 0. The van der Waals surface area contributed by atoms with Gasteiger partial charge in [0, 0.05) is 5.41 Å². The summed E-state index contributed by atoms with van der Waals surface area (Å²) in [6.45, 7) is 13.4. The van der Waals surface area contributed by atoms with Gasteiger partial charge in [-0.2, -0.15) is 0 Å². The molecule has 186 valence electrons. The lowest BCUT2D eigenvalue weighted by molar-refractivity contribution is 0.660. The van der Waals surface area contributed by atoms with Gasteiger partial charge in [0.2, 0.25) is 0 Å². The van der Waals surface area contributed by atoms with Gasteiger partial charge in [-0.25, -0.2) is 0 Å². The van der Waals surface area contributed by atoms with Crippen LogP contribution >= 0.6 is 0 Å². The summed E-state index contributed by atoms with van der Waals surface area (Å²) in [5.41, 5.74) is 7.31. The van der Waals surface area contributed by atoms with E-state index in [-0.39, 0.29) is 5.41 Å². The van der Waals surface area contributed by atoms with Gasteiger partial charge in [0.1, 0.15) is 0 Å². The molecule has 0 radical (unpaired) electrons. The molecule has 7 rings (SSSR count). The van der Waals surface area contributed by atoms with Crippen molar-refractivity contribution in [1.82, 2.24) is 0 Å². The Morgan fingerprint density at radius 2 is 1.00 bits per heavy atom. The normalized spacial score (nSPS) is 13.2. The summed E-state index contributed by atoms with van der Waals surface area (Å²) in [5, 5.41) is 8.30. The molecule has 0 fully saturated rings. The Morgan fingerprint density at radius 1 is 0.541 bits per heavy atom. The topological polar surface area (TPSA) is 0 Å². The minimum Gasteiger partial charge on any atom is -0.0656 e. The SMILES string of the molecule is CC(C)c1ccc2ccc3cccc4ccc1c2c34.CC1(C)c2ccccc2-c2ccccc21.CCC. The van der Waals surface area contributed by atoms with Gasteiger partial charge in [-0.15, -0.1) is 0 Å². The molecule has 0 aliphatic heterocycles. The number of rotatable bonds is 1. The maximum Gasteiger partial charge on any atom is 0.0158 e. The molecule has 0 spiro atoms. The molecule has 0 amide bonds. The molecule has 1 aliphatic carbocycles. The smallest absolute Gasteiger partial charge is 0.0158 e. The maximum atomic E-state index is 2.30. The van der Waals surface area contributed by atoms with E-state index in [1.807, 2.05) is 0 Å². The lowest BCUT2D eigenvalue weighted by atomic mass is 9.82. The van der Waals surface area contributed by atoms with Crippen molar-refractivity contribution in [1.29, 1.82) is 0 Å². The first-order valence-corrected chi connectivity index (χ1v) is 13.7. The molecule has 0 aromatic heterocycles. The van der Waals surface area contributed by atoms with E-state index in [1.165, 1.54) is 66.6 Å². The Balaban J connectivity index is 0.000000140. The van der Waals surface area contributed by atoms with Crippen molar-refractivity contribution < 1.29 is 0 Å². The van der Waals surface area contributed by atoms with Crippen LogP contribution in [0.25, 0.3) is 43.4 Å². The van der Waals surface area contributed by atoms with E-state index in [2.05, 4.69) is 145 Å². The predicted molar refractivity (Wildman–Crippen MR) is 164 cm³/mol. The summed E-state index contributed by atoms with van der Waals surface area (Å²) < 4.78 is 0. The third-order valence-corrected chi connectivity index (χ3v) is 7.68. The summed E-state index contributed by atoms with van der Waals surface area (Å²) in [5.74, 6) is 0.560. The summed E-state index contributed by atoms with van der Waals surface area (Å²) in [6, 6.07) is 37.6. The second-order valence-corrected chi connectivity index (χ2v) is 11.1. The summed E-state index contributed by atoms with van der Waals surface area (Å²) in [7, 11) is 0. The average molecular weight is 483 g/mol. The molecule has 0 saturated carbocycles. The second kappa shape index (κ2) is 10.0. The molecule has 0 saturated heterocycles. The van der Waals surface area contributed by atoms with Crippen molar-refractivity contribution >= 4 is 32.3 Å². The fraction of sp³-hybridized carbons (Fsp3) is 0.243. The highest BCUT2D eigenvalue weighted by molar-refractivity contribution is 6.23. The monoisotopic (exact) mass is 482 g/mol.